The maximum Gasteiger partial charge on any atom is 0.115 e. The lowest BCUT2D eigenvalue weighted by atomic mass is 10.1. The van der Waals surface area contributed by atoms with Gasteiger partial charge in [0, 0.05) is 35.9 Å². The largest absolute Gasteiger partial charge is 0.383 e. The average molecular weight is 222 g/mol. The number of pyridine rings is 1. The van der Waals surface area contributed by atoms with Crippen molar-refractivity contribution in [3.8, 4) is 0 Å². The van der Waals surface area contributed by atoms with Gasteiger partial charge in [-0.1, -0.05) is 11.6 Å². The Morgan fingerprint density at radius 1 is 1.13 bits per heavy atom. The summed E-state index contributed by atoms with van der Waals surface area (Å²) in [5.74, 6) is 0. The maximum atomic E-state index is 9.98. The monoisotopic (exact) mass is 221 g/mol. The highest BCUT2D eigenvalue weighted by molar-refractivity contribution is 6.31. The highest BCUT2D eigenvalue weighted by Gasteiger charge is 2.13. The van der Waals surface area contributed by atoms with E-state index in [1.54, 1.807) is 24.7 Å². The van der Waals surface area contributed by atoms with Crippen LogP contribution in [0.1, 0.15) is 17.2 Å². The Hall–Kier alpha value is -1.52. The second kappa shape index (κ2) is 4.33. The van der Waals surface area contributed by atoms with Crippen molar-refractivity contribution in [2.45, 2.75) is 6.10 Å². The van der Waals surface area contributed by atoms with Crippen molar-refractivity contribution in [3.05, 3.63) is 53.3 Å². The third kappa shape index (κ3) is 2.11. The van der Waals surface area contributed by atoms with Gasteiger partial charge in [-0.25, -0.2) is 9.97 Å². The lowest BCUT2D eigenvalue weighted by Gasteiger charge is -2.11. The van der Waals surface area contributed by atoms with Crippen LogP contribution in [0.2, 0.25) is 5.02 Å². The van der Waals surface area contributed by atoms with Gasteiger partial charge in [0.05, 0.1) is 5.02 Å². The topological polar surface area (TPSA) is 58.9 Å². The van der Waals surface area contributed by atoms with E-state index in [2.05, 4.69) is 15.0 Å². The molecule has 76 valence electrons. The molecule has 0 spiro atoms. The molecule has 0 saturated heterocycles. The van der Waals surface area contributed by atoms with Gasteiger partial charge in [-0.05, 0) is 6.07 Å². The molecule has 2 heterocycles. The summed E-state index contributed by atoms with van der Waals surface area (Å²) in [7, 11) is 0. The van der Waals surface area contributed by atoms with Gasteiger partial charge in [0.15, 0.2) is 0 Å². The van der Waals surface area contributed by atoms with Gasteiger partial charge in [-0.2, -0.15) is 0 Å². The second-order valence-electron chi connectivity index (χ2n) is 2.97. The van der Waals surface area contributed by atoms with E-state index in [0.717, 1.165) is 0 Å². The minimum absolute atomic E-state index is 0.425. The van der Waals surface area contributed by atoms with Crippen molar-refractivity contribution in [2.75, 3.05) is 0 Å². The van der Waals surface area contributed by atoms with Crippen molar-refractivity contribution in [1.29, 1.82) is 0 Å². The van der Waals surface area contributed by atoms with Gasteiger partial charge in [0.1, 0.15) is 12.4 Å². The summed E-state index contributed by atoms with van der Waals surface area (Å²) >= 11 is 5.91. The minimum atomic E-state index is -0.818. The third-order valence-electron chi connectivity index (χ3n) is 1.99. The van der Waals surface area contributed by atoms with E-state index in [0.29, 0.717) is 16.1 Å². The number of hydrogen-bond donors (Lipinski definition) is 1. The lowest BCUT2D eigenvalue weighted by Crippen LogP contribution is -2.01. The van der Waals surface area contributed by atoms with Crippen LogP contribution in [-0.4, -0.2) is 20.1 Å². The van der Waals surface area contributed by atoms with E-state index in [1.165, 1.54) is 12.5 Å². The SMILES string of the molecule is OC(c1cncnc1)c1ccncc1Cl. The number of aliphatic hydroxyl groups excluding tert-OH is 1. The molecule has 0 aromatic carbocycles. The van der Waals surface area contributed by atoms with Crippen LogP contribution in [0.25, 0.3) is 0 Å². The highest BCUT2D eigenvalue weighted by atomic mass is 35.5. The Balaban J connectivity index is 2.37. The van der Waals surface area contributed by atoms with Crippen LogP contribution in [0, 0.1) is 0 Å². The fourth-order valence-corrected chi connectivity index (χ4v) is 1.46. The molecule has 1 atom stereocenters. The fraction of sp³-hybridized carbons (Fsp3) is 0.100. The van der Waals surface area contributed by atoms with Gasteiger partial charge in [0.2, 0.25) is 0 Å². The van der Waals surface area contributed by atoms with Crippen molar-refractivity contribution in [1.82, 2.24) is 15.0 Å². The van der Waals surface area contributed by atoms with Gasteiger partial charge >= 0.3 is 0 Å². The number of aliphatic hydroxyl groups is 1. The molecule has 0 bridgehead atoms. The van der Waals surface area contributed by atoms with E-state index in [-0.39, 0.29) is 0 Å². The Morgan fingerprint density at radius 3 is 2.53 bits per heavy atom. The van der Waals surface area contributed by atoms with E-state index >= 15 is 0 Å². The number of aromatic nitrogens is 3. The molecule has 2 aromatic rings. The summed E-state index contributed by atoms with van der Waals surface area (Å²) in [5.41, 5.74) is 1.20. The first kappa shape index (κ1) is 10.0. The Kier molecular flexibility index (Phi) is 2.89. The first-order valence-electron chi connectivity index (χ1n) is 4.31. The molecular formula is C10H8ClN3O. The number of nitrogens with zero attached hydrogens (tertiary/aromatic N) is 3. The van der Waals surface area contributed by atoms with E-state index in [9.17, 15) is 5.11 Å². The molecule has 5 heteroatoms. The molecule has 1 unspecified atom stereocenters. The smallest absolute Gasteiger partial charge is 0.115 e. The molecule has 0 saturated carbocycles. The lowest BCUT2D eigenvalue weighted by molar-refractivity contribution is 0.219. The molecule has 0 aliphatic carbocycles. The first-order chi connectivity index (χ1) is 7.29. The zero-order valence-electron chi connectivity index (χ0n) is 7.71. The van der Waals surface area contributed by atoms with Gasteiger partial charge in [0.25, 0.3) is 0 Å². The summed E-state index contributed by atoms with van der Waals surface area (Å²) in [6.07, 6.45) is 6.76. The van der Waals surface area contributed by atoms with Crippen molar-refractivity contribution in [3.63, 3.8) is 0 Å². The molecule has 15 heavy (non-hydrogen) atoms. The maximum absolute atomic E-state index is 9.98. The van der Waals surface area contributed by atoms with Gasteiger partial charge < -0.3 is 5.11 Å². The molecule has 4 nitrogen and oxygen atoms in total. The molecule has 2 rings (SSSR count). The van der Waals surface area contributed by atoms with Crippen LogP contribution in [-0.2, 0) is 0 Å². The Morgan fingerprint density at radius 2 is 1.87 bits per heavy atom. The van der Waals surface area contributed by atoms with Crippen molar-refractivity contribution in [2.24, 2.45) is 0 Å². The second-order valence-corrected chi connectivity index (χ2v) is 3.38. The zero-order chi connectivity index (χ0) is 10.7. The standard InChI is InChI=1S/C10H8ClN3O/c11-9-5-12-2-1-8(9)10(15)7-3-13-6-14-4-7/h1-6,10,15H. The molecule has 0 radical (unpaired) electrons. The Bertz CT molecular complexity index is 449. The highest BCUT2D eigenvalue weighted by Crippen LogP contribution is 2.26. The number of hydrogen-bond acceptors (Lipinski definition) is 4. The normalized spacial score (nSPS) is 12.4. The molecule has 1 N–H and O–H groups in total. The predicted molar refractivity (Wildman–Crippen MR) is 55.3 cm³/mol. The summed E-state index contributed by atoms with van der Waals surface area (Å²) in [5, 5.41) is 10.4. The summed E-state index contributed by atoms with van der Waals surface area (Å²) in [4.78, 5) is 11.5. The molecule has 0 aliphatic rings. The Labute approximate surface area is 91.6 Å². The van der Waals surface area contributed by atoms with Gasteiger partial charge in [-0.15, -0.1) is 0 Å². The molecular weight excluding hydrogens is 214 g/mol. The van der Waals surface area contributed by atoms with Crippen LogP contribution >= 0.6 is 11.6 Å². The van der Waals surface area contributed by atoms with Crippen molar-refractivity contribution < 1.29 is 5.11 Å². The van der Waals surface area contributed by atoms with Crippen LogP contribution < -0.4 is 0 Å². The third-order valence-corrected chi connectivity index (χ3v) is 2.31. The molecule has 0 amide bonds. The quantitative estimate of drug-likeness (QED) is 0.837. The average Bonchev–Trinajstić information content (AvgIpc) is 2.30. The van der Waals surface area contributed by atoms with E-state index < -0.39 is 6.10 Å². The summed E-state index contributed by atoms with van der Waals surface area (Å²) < 4.78 is 0. The number of rotatable bonds is 2. The van der Waals surface area contributed by atoms with E-state index in [1.807, 2.05) is 0 Å². The van der Waals surface area contributed by atoms with Crippen LogP contribution in [0.5, 0.6) is 0 Å². The fourth-order valence-electron chi connectivity index (χ4n) is 1.24. The van der Waals surface area contributed by atoms with E-state index in [4.69, 9.17) is 11.6 Å². The molecule has 0 fully saturated rings. The molecule has 0 aliphatic heterocycles. The predicted octanol–water partition coefficient (Wildman–Crippen LogP) is 1.61. The van der Waals surface area contributed by atoms with Crippen LogP contribution in [0.3, 0.4) is 0 Å². The summed E-state index contributed by atoms with van der Waals surface area (Å²) in [6.45, 7) is 0. The van der Waals surface area contributed by atoms with Gasteiger partial charge in [-0.3, -0.25) is 4.98 Å². The number of halogens is 1. The van der Waals surface area contributed by atoms with Crippen molar-refractivity contribution >= 4 is 11.6 Å². The van der Waals surface area contributed by atoms with Crippen LogP contribution in [0.4, 0.5) is 0 Å². The summed E-state index contributed by atoms with van der Waals surface area (Å²) in [6, 6.07) is 1.67. The first-order valence-corrected chi connectivity index (χ1v) is 4.69. The zero-order valence-corrected chi connectivity index (χ0v) is 8.46. The molecule has 2 aromatic heterocycles. The van der Waals surface area contributed by atoms with Crippen LogP contribution in [0.15, 0.2) is 37.2 Å². The minimum Gasteiger partial charge on any atom is -0.383 e.